The third kappa shape index (κ3) is 6.95. The minimum atomic E-state index is -2.02. The van der Waals surface area contributed by atoms with Gasteiger partial charge in [-0.05, 0) is 0 Å². The van der Waals surface area contributed by atoms with Gasteiger partial charge in [0.25, 0.3) is 0 Å². The Morgan fingerprint density at radius 3 is 2.00 bits per heavy atom. The van der Waals surface area contributed by atoms with Crippen molar-refractivity contribution in [2.24, 2.45) is 0 Å². The molecule has 2 atom stereocenters. The first-order valence-corrected chi connectivity index (χ1v) is 15.0. The summed E-state index contributed by atoms with van der Waals surface area (Å²) in [5.41, 5.74) is 0. The lowest BCUT2D eigenvalue weighted by Crippen LogP contribution is -2.50. The molecule has 1 rings (SSSR count). The molecule has 0 aromatic heterocycles. The van der Waals surface area contributed by atoms with E-state index >= 15 is 0 Å². The SMILES string of the molecule is C[Si](C)(C)NC(=O)OCC(OC(=O)N[Si](C)(C)C)C1OC(=O)C(O)=C1O. The lowest BCUT2D eigenvalue weighted by molar-refractivity contribution is -0.147. The number of rotatable bonds is 6. The summed E-state index contributed by atoms with van der Waals surface area (Å²) in [7, 11) is -3.96. The van der Waals surface area contributed by atoms with Crippen molar-refractivity contribution < 1.29 is 38.8 Å². The quantitative estimate of drug-likeness (QED) is 0.297. The van der Waals surface area contributed by atoms with Gasteiger partial charge in [0.2, 0.25) is 11.9 Å². The van der Waals surface area contributed by atoms with Gasteiger partial charge in [-0.1, -0.05) is 39.3 Å². The first-order valence-electron chi connectivity index (χ1n) is 7.96. The molecule has 0 fully saturated rings. The Morgan fingerprint density at radius 1 is 1.08 bits per heavy atom. The maximum Gasteiger partial charge on any atom is 0.399 e. The van der Waals surface area contributed by atoms with Gasteiger partial charge in [-0.15, -0.1) is 0 Å². The van der Waals surface area contributed by atoms with Crippen molar-refractivity contribution in [1.82, 2.24) is 9.96 Å². The second-order valence-corrected chi connectivity index (χ2v) is 17.4. The molecule has 0 bridgehead atoms. The van der Waals surface area contributed by atoms with Gasteiger partial charge >= 0.3 is 18.2 Å². The summed E-state index contributed by atoms with van der Waals surface area (Å²) >= 11 is 0. The molecule has 0 spiro atoms. The van der Waals surface area contributed by atoms with Crippen LogP contribution in [0.1, 0.15) is 0 Å². The average molecular weight is 407 g/mol. The summed E-state index contributed by atoms with van der Waals surface area (Å²) in [6.45, 7) is 10.8. The summed E-state index contributed by atoms with van der Waals surface area (Å²) in [6, 6.07) is 0. The highest BCUT2D eigenvalue weighted by Crippen LogP contribution is 2.23. The van der Waals surface area contributed by atoms with Crippen molar-refractivity contribution in [1.29, 1.82) is 0 Å². The second-order valence-electron chi connectivity index (χ2n) is 7.85. The predicted molar refractivity (Wildman–Crippen MR) is 96.7 cm³/mol. The van der Waals surface area contributed by atoms with Gasteiger partial charge in [0.1, 0.15) is 6.61 Å². The summed E-state index contributed by atoms with van der Waals surface area (Å²) in [5, 5.41) is 19.3. The number of aliphatic hydroxyl groups is 2. The fourth-order valence-electron chi connectivity index (χ4n) is 1.87. The Bertz CT molecular complexity index is 609. The average Bonchev–Trinajstić information content (AvgIpc) is 2.67. The van der Waals surface area contributed by atoms with Crippen LogP contribution in [0.4, 0.5) is 9.59 Å². The summed E-state index contributed by atoms with van der Waals surface area (Å²) < 4.78 is 15.0. The number of ether oxygens (including phenoxy) is 3. The number of amides is 2. The van der Waals surface area contributed by atoms with Crippen molar-refractivity contribution in [2.45, 2.75) is 51.5 Å². The zero-order valence-electron chi connectivity index (χ0n) is 15.7. The first-order chi connectivity index (χ1) is 11.7. The van der Waals surface area contributed by atoms with Crippen molar-refractivity contribution >= 4 is 34.6 Å². The van der Waals surface area contributed by atoms with E-state index in [0.717, 1.165) is 0 Å². The highest BCUT2D eigenvalue weighted by atomic mass is 28.3. The van der Waals surface area contributed by atoms with E-state index in [1.54, 1.807) is 0 Å². The summed E-state index contributed by atoms with van der Waals surface area (Å²) in [5.74, 6) is -2.91. The molecule has 26 heavy (non-hydrogen) atoms. The Morgan fingerprint density at radius 2 is 1.58 bits per heavy atom. The number of cyclic esters (lactones) is 1. The molecule has 2 amide bonds. The molecule has 1 aliphatic heterocycles. The van der Waals surface area contributed by atoms with Gasteiger partial charge in [0, 0.05) is 0 Å². The Kier molecular flexibility index (Phi) is 6.71. The monoisotopic (exact) mass is 406 g/mol. The molecule has 4 N–H and O–H groups in total. The first kappa shape index (κ1) is 21.8. The number of carbonyl (C=O) groups is 3. The molecule has 0 saturated carbocycles. The Balaban J connectivity index is 2.84. The molecule has 148 valence electrons. The Hall–Kier alpha value is -2.22. The van der Waals surface area contributed by atoms with E-state index < -0.39 is 65.0 Å². The molecule has 12 heteroatoms. The minimum Gasteiger partial charge on any atom is -0.505 e. The predicted octanol–water partition coefficient (Wildman–Crippen LogP) is 1.73. The van der Waals surface area contributed by atoms with Crippen LogP contribution in [0.15, 0.2) is 11.5 Å². The largest absolute Gasteiger partial charge is 0.505 e. The molecule has 2 unspecified atom stereocenters. The lowest BCUT2D eigenvalue weighted by Gasteiger charge is -2.26. The standard InChI is InChI=1S/C14H26N2O8Si2/c1-25(2,3)15-13(20)22-7-8(23-14(21)16-26(4,5)6)11-9(17)10(18)12(19)24-11/h8,11,17-18H,7H2,1-6H3,(H,15,20)(H,16,21). The van der Waals surface area contributed by atoms with E-state index in [9.17, 15) is 24.6 Å². The smallest absolute Gasteiger partial charge is 0.399 e. The lowest BCUT2D eigenvalue weighted by atomic mass is 10.2. The van der Waals surface area contributed by atoms with Crippen molar-refractivity contribution in [3.05, 3.63) is 11.5 Å². The Labute approximate surface area is 153 Å². The van der Waals surface area contributed by atoms with Gasteiger partial charge in [-0.2, -0.15) is 0 Å². The molecule has 10 nitrogen and oxygen atoms in total. The maximum atomic E-state index is 12.0. The van der Waals surface area contributed by atoms with Crippen LogP contribution in [-0.4, -0.2) is 63.7 Å². The van der Waals surface area contributed by atoms with Gasteiger partial charge in [0.15, 0.2) is 28.3 Å². The van der Waals surface area contributed by atoms with E-state index in [0.29, 0.717) is 0 Å². The van der Waals surface area contributed by atoms with Crippen LogP contribution in [0, 0.1) is 0 Å². The molecule has 1 aliphatic rings. The normalized spacial score (nSPS) is 18.8. The molecule has 0 aromatic carbocycles. The molecule has 0 saturated heterocycles. The van der Waals surface area contributed by atoms with Crippen LogP contribution in [-0.2, 0) is 19.0 Å². The fraction of sp³-hybridized carbons (Fsp3) is 0.643. The van der Waals surface area contributed by atoms with E-state index in [-0.39, 0.29) is 0 Å². The van der Waals surface area contributed by atoms with Gasteiger partial charge in [0.05, 0.1) is 0 Å². The van der Waals surface area contributed by atoms with Gasteiger partial charge < -0.3 is 34.4 Å². The molecular formula is C14H26N2O8Si2. The highest BCUT2D eigenvalue weighted by Gasteiger charge is 2.43. The molecule has 1 heterocycles. The number of nitrogens with one attached hydrogen (secondary N) is 2. The highest BCUT2D eigenvalue weighted by molar-refractivity contribution is 6.76. The van der Waals surface area contributed by atoms with Crippen molar-refractivity contribution in [3.63, 3.8) is 0 Å². The molecule has 0 aromatic rings. The number of hydrogen-bond acceptors (Lipinski definition) is 8. The minimum absolute atomic E-state index is 0.481. The number of hydrogen-bond donors (Lipinski definition) is 4. The van der Waals surface area contributed by atoms with Crippen LogP contribution in [0.3, 0.4) is 0 Å². The van der Waals surface area contributed by atoms with Crippen LogP contribution < -0.4 is 9.96 Å². The molecular weight excluding hydrogens is 380 g/mol. The zero-order valence-corrected chi connectivity index (χ0v) is 17.7. The van der Waals surface area contributed by atoms with E-state index in [2.05, 4.69) is 9.96 Å². The maximum absolute atomic E-state index is 12.0. The van der Waals surface area contributed by atoms with E-state index in [1.165, 1.54) is 0 Å². The van der Waals surface area contributed by atoms with Crippen LogP contribution in [0.25, 0.3) is 0 Å². The van der Waals surface area contributed by atoms with Crippen LogP contribution in [0.5, 0.6) is 0 Å². The topological polar surface area (TPSA) is 143 Å². The van der Waals surface area contributed by atoms with E-state index in [4.69, 9.17) is 14.2 Å². The second kappa shape index (κ2) is 7.99. The summed E-state index contributed by atoms with van der Waals surface area (Å²) in [6.07, 6.45) is -4.32. The fourth-order valence-corrected chi connectivity index (χ4v) is 3.23. The third-order valence-corrected chi connectivity index (χ3v) is 4.78. The zero-order chi connectivity index (χ0) is 20.3. The molecule has 0 radical (unpaired) electrons. The van der Waals surface area contributed by atoms with Crippen molar-refractivity contribution in [2.75, 3.05) is 6.61 Å². The van der Waals surface area contributed by atoms with E-state index in [1.807, 2.05) is 39.3 Å². The number of esters is 1. The third-order valence-electron chi connectivity index (χ3n) is 2.87. The van der Waals surface area contributed by atoms with Crippen LogP contribution in [0.2, 0.25) is 39.3 Å². The number of carbonyl (C=O) groups excluding carboxylic acids is 3. The summed E-state index contributed by atoms with van der Waals surface area (Å²) in [4.78, 5) is 40.6. The van der Waals surface area contributed by atoms with Crippen LogP contribution >= 0.6 is 0 Å². The van der Waals surface area contributed by atoms with Gasteiger partial charge in [-0.25, -0.2) is 14.4 Å². The molecule has 0 aliphatic carbocycles. The van der Waals surface area contributed by atoms with Crippen molar-refractivity contribution in [3.8, 4) is 0 Å². The number of aliphatic hydroxyl groups excluding tert-OH is 2. The van der Waals surface area contributed by atoms with Gasteiger partial charge in [-0.3, -0.25) is 0 Å².